The molecular formula is C13H18O4. The quantitative estimate of drug-likeness (QED) is 0.777. The van der Waals surface area contributed by atoms with Crippen LogP contribution < -0.4 is 0 Å². The van der Waals surface area contributed by atoms with Crippen molar-refractivity contribution in [3.05, 3.63) is 23.7 Å². The molecule has 1 fully saturated rings. The van der Waals surface area contributed by atoms with E-state index >= 15 is 0 Å². The van der Waals surface area contributed by atoms with Gasteiger partial charge in [-0.05, 0) is 43.7 Å². The van der Waals surface area contributed by atoms with Crippen molar-refractivity contribution >= 4 is 5.97 Å². The van der Waals surface area contributed by atoms with Gasteiger partial charge in [-0.1, -0.05) is 13.3 Å². The molecule has 4 heteroatoms. The molecule has 2 N–H and O–H groups in total. The summed E-state index contributed by atoms with van der Waals surface area (Å²) in [4.78, 5) is 10.7. The second kappa shape index (κ2) is 4.53. The van der Waals surface area contributed by atoms with Gasteiger partial charge in [0.1, 0.15) is 11.4 Å². The standard InChI is InChI=1S/C13H18O4/c1-9-3-2-7-13(16,8-6-9)11-5-4-10(17-11)12(14)15/h4-5,9,16H,2-3,6-8H2,1H3,(H,14,15). The van der Waals surface area contributed by atoms with Crippen LogP contribution in [-0.2, 0) is 5.60 Å². The first-order valence-corrected chi connectivity index (χ1v) is 6.07. The van der Waals surface area contributed by atoms with E-state index in [4.69, 9.17) is 9.52 Å². The Labute approximate surface area is 100 Å². The largest absolute Gasteiger partial charge is 0.475 e. The Hall–Kier alpha value is -1.29. The van der Waals surface area contributed by atoms with E-state index < -0.39 is 11.6 Å². The maximum atomic E-state index is 10.7. The van der Waals surface area contributed by atoms with Crippen LogP contribution in [0.5, 0.6) is 0 Å². The van der Waals surface area contributed by atoms with Gasteiger partial charge in [-0.15, -0.1) is 0 Å². The Morgan fingerprint density at radius 2 is 2.18 bits per heavy atom. The summed E-state index contributed by atoms with van der Waals surface area (Å²) in [7, 11) is 0. The van der Waals surface area contributed by atoms with E-state index in [2.05, 4.69) is 6.92 Å². The SMILES string of the molecule is CC1CCCC(O)(c2ccc(C(=O)O)o2)CC1. The molecule has 0 amide bonds. The van der Waals surface area contributed by atoms with Crippen LogP contribution in [-0.4, -0.2) is 16.2 Å². The van der Waals surface area contributed by atoms with E-state index in [1.807, 2.05) is 0 Å². The summed E-state index contributed by atoms with van der Waals surface area (Å²) in [6.45, 7) is 2.18. The number of carbonyl (C=O) groups is 1. The second-order valence-electron chi connectivity index (χ2n) is 5.04. The van der Waals surface area contributed by atoms with Gasteiger partial charge in [0.2, 0.25) is 5.76 Å². The molecule has 0 radical (unpaired) electrons. The molecule has 1 aromatic rings. The van der Waals surface area contributed by atoms with Crippen molar-refractivity contribution in [3.63, 3.8) is 0 Å². The molecule has 17 heavy (non-hydrogen) atoms. The molecule has 1 aliphatic rings. The third-order valence-electron chi connectivity index (χ3n) is 3.61. The van der Waals surface area contributed by atoms with E-state index in [0.29, 0.717) is 24.5 Å². The molecule has 1 aliphatic carbocycles. The summed E-state index contributed by atoms with van der Waals surface area (Å²) < 4.78 is 5.23. The number of hydrogen-bond donors (Lipinski definition) is 2. The number of hydrogen-bond acceptors (Lipinski definition) is 3. The molecule has 0 spiro atoms. The van der Waals surface area contributed by atoms with Crippen molar-refractivity contribution in [2.24, 2.45) is 5.92 Å². The number of furan rings is 1. The second-order valence-corrected chi connectivity index (χ2v) is 5.04. The van der Waals surface area contributed by atoms with Crippen molar-refractivity contribution in [3.8, 4) is 0 Å². The number of carboxylic acids is 1. The van der Waals surface area contributed by atoms with Gasteiger partial charge in [-0.2, -0.15) is 0 Å². The third kappa shape index (κ3) is 2.52. The van der Waals surface area contributed by atoms with Crippen LogP contribution in [0.3, 0.4) is 0 Å². The van der Waals surface area contributed by atoms with E-state index in [1.54, 1.807) is 6.07 Å². The molecule has 1 aromatic heterocycles. The van der Waals surface area contributed by atoms with Crippen LogP contribution in [0.1, 0.15) is 55.3 Å². The van der Waals surface area contributed by atoms with Crippen molar-refractivity contribution in [2.75, 3.05) is 0 Å². The smallest absolute Gasteiger partial charge is 0.371 e. The van der Waals surface area contributed by atoms with Crippen molar-refractivity contribution in [2.45, 2.75) is 44.6 Å². The van der Waals surface area contributed by atoms with Gasteiger partial charge in [0.15, 0.2) is 0 Å². The molecule has 0 saturated heterocycles. The number of aromatic carboxylic acids is 1. The van der Waals surface area contributed by atoms with Crippen LogP contribution in [0, 0.1) is 5.92 Å². The van der Waals surface area contributed by atoms with Gasteiger partial charge in [-0.25, -0.2) is 4.79 Å². The number of rotatable bonds is 2. The molecule has 0 bridgehead atoms. The lowest BCUT2D eigenvalue weighted by molar-refractivity contribution is -0.00223. The normalized spacial score (nSPS) is 29.9. The third-order valence-corrected chi connectivity index (χ3v) is 3.61. The molecule has 0 aliphatic heterocycles. The highest BCUT2D eigenvalue weighted by atomic mass is 16.4. The fourth-order valence-electron chi connectivity index (χ4n) is 2.45. The monoisotopic (exact) mass is 238 g/mol. The molecule has 2 atom stereocenters. The van der Waals surface area contributed by atoms with E-state index in [1.165, 1.54) is 6.07 Å². The topological polar surface area (TPSA) is 70.7 Å². The molecular weight excluding hydrogens is 220 g/mol. The summed E-state index contributed by atoms with van der Waals surface area (Å²) in [6.07, 6.45) is 4.28. The summed E-state index contributed by atoms with van der Waals surface area (Å²) in [5, 5.41) is 19.4. The zero-order valence-electron chi connectivity index (χ0n) is 9.98. The predicted molar refractivity (Wildman–Crippen MR) is 61.8 cm³/mol. The first-order chi connectivity index (χ1) is 8.01. The lowest BCUT2D eigenvalue weighted by Gasteiger charge is -2.24. The summed E-state index contributed by atoms with van der Waals surface area (Å²) in [5.74, 6) is -0.200. The van der Waals surface area contributed by atoms with Crippen LogP contribution in [0.2, 0.25) is 0 Å². The Morgan fingerprint density at radius 1 is 1.41 bits per heavy atom. The molecule has 1 heterocycles. The first kappa shape index (κ1) is 12.2. The summed E-state index contributed by atoms with van der Waals surface area (Å²) >= 11 is 0. The fourth-order valence-corrected chi connectivity index (χ4v) is 2.45. The highest BCUT2D eigenvalue weighted by molar-refractivity contribution is 5.84. The first-order valence-electron chi connectivity index (χ1n) is 6.07. The van der Waals surface area contributed by atoms with Crippen LogP contribution in [0.25, 0.3) is 0 Å². The lowest BCUT2D eigenvalue weighted by Crippen LogP contribution is -2.24. The molecule has 2 unspecified atom stereocenters. The zero-order valence-corrected chi connectivity index (χ0v) is 9.98. The Bertz CT molecular complexity index is 409. The molecule has 2 rings (SSSR count). The number of aliphatic hydroxyl groups is 1. The molecule has 0 aromatic carbocycles. The minimum absolute atomic E-state index is 0.106. The fraction of sp³-hybridized carbons (Fsp3) is 0.615. The number of carboxylic acid groups (broad SMARTS) is 1. The van der Waals surface area contributed by atoms with Gasteiger partial charge in [0, 0.05) is 0 Å². The van der Waals surface area contributed by atoms with Gasteiger partial charge >= 0.3 is 5.97 Å². The van der Waals surface area contributed by atoms with Gasteiger partial charge < -0.3 is 14.6 Å². The molecule has 4 nitrogen and oxygen atoms in total. The summed E-state index contributed by atoms with van der Waals surface area (Å²) in [5.41, 5.74) is -0.988. The highest BCUT2D eigenvalue weighted by Crippen LogP contribution is 2.38. The minimum atomic E-state index is -1.10. The predicted octanol–water partition coefficient (Wildman–Crippen LogP) is 2.77. The molecule has 1 saturated carbocycles. The van der Waals surface area contributed by atoms with E-state index in [0.717, 1.165) is 19.3 Å². The maximum absolute atomic E-state index is 10.7. The van der Waals surface area contributed by atoms with Gasteiger partial charge in [0.25, 0.3) is 0 Å². The maximum Gasteiger partial charge on any atom is 0.371 e. The van der Waals surface area contributed by atoms with Crippen LogP contribution >= 0.6 is 0 Å². The Morgan fingerprint density at radius 3 is 2.82 bits per heavy atom. The van der Waals surface area contributed by atoms with Crippen LogP contribution in [0.4, 0.5) is 0 Å². The van der Waals surface area contributed by atoms with E-state index in [-0.39, 0.29) is 5.76 Å². The highest BCUT2D eigenvalue weighted by Gasteiger charge is 2.35. The zero-order chi connectivity index (χ0) is 12.5. The summed E-state index contributed by atoms with van der Waals surface area (Å²) in [6, 6.07) is 2.99. The van der Waals surface area contributed by atoms with E-state index in [9.17, 15) is 9.90 Å². The van der Waals surface area contributed by atoms with Gasteiger partial charge in [-0.3, -0.25) is 0 Å². The Balaban J connectivity index is 2.21. The van der Waals surface area contributed by atoms with Crippen molar-refractivity contribution < 1.29 is 19.4 Å². The molecule has 94 valence electrons. The van der Waals surface area contributed by atoms with Gasteiger partial charge in [0.05, 0.1) is 0 Å². The van der Waals surface area contributed by atoms with Crippen molar-refractivity contribution in [1.29, 1.82) is 0 Å². The lowest BCUT2D eigenvalue weighted by atomic mass is 9.91. The average Bonchev–Trinajstić information content (AvgIpc) is 2.70. The van der Waals surface area contributed by atoms with Crippen molar-refractivity contribution in [1.82, 2.24) is 0 Å². The minimum Gasteiger partial charge on any atom is -0.475 e. The Kier molecular flexibility index (Phi) is 3.24. The average molecular weight is 238 g/mol. The van der Waals surface area contributed by atoms with Crippen LogP contribution in [0.15, 0.2) is 16.5 Å².